The predicted octanol–water partition coefficient (Wildman–Crippen LogP) is 3.97. The van der Waals surface area contributed by atoms with Gasteiger partial charge in [-0.2, -0.15) is 0 Å². The van der Waals surface area contributed by atoms with Crippen LogP contribution in [0.15, 0.2) is 52.1 Å². The van der Waals surface area contributed by atoms with Gasteiger partial charge in [0.15, 0.2) is 5.96 Å². The van der Waals surface area contributed by atoms with Gasteiger partial charge in [0.1, 0.15) is 6.26 Å². The van der Waals surface area contributed by atoms with Crippen molar-refractivity contribution in [1.82, 2.24) is 20.5 Å². The Kier molecular flexibility index (Phi) is 9.16. The summed E-state index contributed by atoms with van der Waals surface area (Å²) >= 11 is 0. The number of guanidine groups is 1. The molecule has 29 heavy (non-hydrogen) atoms. The van der Waals surface area contributed by atoms with Crippen molar-refractivity contribution >= 4 is 29.9 Å². The lowest BCUT2D eigenvalue weighted by Crippen LogP contribution is -2.48. The number of aryl methyl sites for hydroxylation is 1. The second kappa shape index (κ2) is 11.3. The van der Waals surface area contributed by atoms with Crippen LogP contribution in [0.3, 0.4) is 0 Å². The van der Waals surface area contributed by atoms with Gasteiger partial charge < -0.3 is 15.1 Å². The van der Waals surface area contributed by atoms with E-state index >= 15 is 0 Å². The van der Waals surface area contributed by atoms with Crippen LogP contribution in [0, 0.1) is 6.92 Å². The first-order valence-electron chi connectivity index (χ1n) is 9.89. The molecule has 1 aliphatic heterocycles. The van der Waals surface area contributed by atoms with Crippen LogP contribution in [0.5, 0.6) is 0 Å². The fraction of sp³-hybridized carbons (Fsp3) is 0.455. The SMILES string of the molecule is C=C(C)CN1CCC(NC(=NC)NCc2coc(-c3ccc(C)cc3)n2)CC1.I. The molecule has 158 valence electrons. The number of aliphatic imine (C=N–C) groups is 1. The number of halogens is 1. The van der Waals surface area contributed by atoms with E-state index in [0.717, 1.165) is 49.7 Å². The third-order valence-corrected chi connectivity index (χ3v) is 4.93. The second-order valence-corrected chi connectivity index (χ2v) is 7.59. The van der Waals surface area contributed by atoms with E-state index in [2.05, 4.69) is 58.1 Å². The van der Waals surface area contributed by atoms with Crippen LogP contribution >= 0.6 is 24.0 Å². The number of piperidine rings is 1. The van der Waals surface area contributed by atoms with Crippen molar-refractivity contribution < 1.29 is 4.42 Å². The molecular formula is C22H32IN5O. The highest BCUT2D eigenvalue weighted by atomic mass is 127. The van der Waals surface area contributed by atoms with E-state index in [1.807, 2.05) is 12.1 Å². The van der Waals surface area contributed by atoms with Crippen LogP contribution in [-0.2, 0) is 6.54 Å². The zero-order valence-electron chi connectivity index (χ0n) is 17.6. The topological polar surface area (TPSA) is 65.7 Å². The van der Waals surface area contributed by atoms with Crippen LogP contribution < -0.4 is 10.6 Å². The summed E-state index contributed by atoms with van der Waals surface area (Å²) in [5.41, 5.74) is 4.29. The molecule has 1 aliphatic rings. The van der Waals surface area contributed by atoms with E-state index in [9.17, 15) is 0 Å². The number of oxazole rings is 1. The van der Waals surface area contributed by atoms with Crippen molar-refractivity contribution in [3.63, 3.8) is 0 Å². The number of hydrogen-bond donors (Lipinski definition) is 2. The Morgan fingerprint density at radius 1 is 1.28 bits per heavy atom. The lowest BCUT2D eigenvalue weighted by atomic mass is 10.0. The molecule has 0 saturated carbocycles. The van der Waals surface area contributed by atoms with Crippen molar-refractivity contribution in [2.45, 2.75) is 39.3 Å². The number of aromatic nitrogens is 1. The summed E-state index contributed by atoms with van der Waals surface area (Å²) in [5, 5.41) is 6.86. The fourth-order valence-electron chi connectivity index (χ4n) is 3.40. The normalized spacial score (nSPS) is 15.6. The summed E-state index contributed by atoms with van der Waals surface area (Å²) in [6.07, 6.45) is 3.91. The molecule has 2 aromatic rings. The van der Waals surface area contributed by atoms with Crippen LogP contribution in [-0.4, -0.2) is 48.6 Å². The van der Waals surface area contributed by atoms with Gasteiger partial charge in [-0.05, 0) is 38.8 Å². The molecule has 1 fully saturated rings. The highest BCUT2D eigenvalue weighted by molar-refractivity contribution is 14.0. The Balaban J connectivity index is 0.00000300. The Morgan fingerprint density at radius 2 is 1.97 bits per heavy atom. The summed E-state index contributed by atoms with van der Waals surface area (Å²) in [6.45, 7) is 11.9. The second-order valence-electron chi connectivity index (χ2n) is 7.59. The number of hydrogen-bond acceptors (Lipinski definition) is 4. The number of nitrogens with zero attached hydrogens (tertiary/aromatic N) is 3. The van der Waals surface area contributed by atoms with Gasteiger partial charge in [0.25, 0.3) is 0 Å². The van der Waals surface area contributed by atoms with Gasteiger partial charge in [-0.3, -0.25) is 9.89 Å². The largest absolute Gasteiger partial charge is 0.444 e. The van der Waals surface area contributed by atoms with E-state index in [1.165, 1.54) is 11.1 Å². The van der Waals surface area contributed by atoms with E-state index in [-0.39, 0.29) is 24.0 Å². The molecule has 0 spiro atoms. The molecule has 6 nitrogen and oxygen atoms in total. The number of nitrogens with one attached hydrogen (secondary N) is 2. The lowest BCUT2D eigenvalue weighted by molar-refractivity contribution is 0.221. The Bertz CT molecular complexity index is 807. The third-order valence-electron chi connectivity index (χ3n) is 4.93. The van der Waals surface area contributed by atoms with Gasteiger partial charge in [-0.25, -0.2) is 4.98 Å². The summed E-state index contributed by atoms with van der Waals surface area (Å²) in [7, 11) is 1.80. The van der Waals surface area contributed by atoms with Gasteiger partial charge in [-0.1, -0.05) is 29.8 Å². The third kappa shape index (κ3) is 7.15. The Labute approximate surface area is 190 Å². The molecule has 0 radical (unpaired) electrons. The average molecular weight is 509 g/mol. The quantitative estimate of drug-likeness (QED) is 0.267. The molecule has 1 aromatic heterocycles. The van der Waals surface area contributed by atoms with Crippen LogP contribution in [0.2, 0.25) is 0 Å². The number of rotatable bonds is 6. The minimum absolute atomic E-state index is 0. The zero-order valence-corrected chi connectivity index (χ0v) is 19.9. The highest BCUT2D eigenvalue weighted by Crippen LogP contribution is 2.19. The Morgan fingerprint density at radius 3 is 2.59 bits per heavy atom. The molecule has 0 aliphatic carbocycles. The molecule has 3 rings (SSSR count). The molecule has 0 atom stereocenters. The van der Waals surface area contributed by atoms with Crippen molar-refractivity contribution in [1.29, 1.82) is 0 Å². The molecule has 2 heterocycles. The van der Waals surface area contributed by atoms with Gasteiger partial charge in [-0.15, -0.1) is 24.0 Å². The maximum atomic E-state index is 5.63. The summed E-state index contributed by atoms with van der Waals surface area (Å²) in [5.74, 6) is 1.45. The maximum absolute atomic E-state index is 5.63. The zero-order chi connectivity index (χ0) is 19.9. The van der Waals surface area contributed by atoms with Gasteiger partial charge >= 0.3 is 0 Å². The maximum Gasteiger partial charge on any atom is 0.226 e. The summed E-state index contributed by atoms with van der Waals surface area (Å²) in [4.78, 5) is 11.4. The number of likely N-dealkylation sites (tertiary alicyclic amines) is 1. The molecule has 0 unspecified atom stereocenters. The monoisotopic (exact) mass is 509 g/mol. The predicted molar refractivity (Wildman–Crippen MR) is 130 cm³/mol. The van der Waals surface area contributed by atoms with Crippen molar-refractivity contribution in [3.8, 4) is 11.5 Å². The fourth-order valence-corrected chi connectivity index (χ4v) is 3.40. The van der Waals surface area contributed by atoms with Gasteiger partial charge in [0, 0.05) is 38.3 Å². The minimum Gasteiger partial charge on any atom is -0.444 e. The van der Waals surface area contributed by atoms with Crippen molar-refractivity contribution in [2.75, 3.05) is 26.7 Å². The van der Waals surface area contributed by atoms with Gasteiger partial charge in [0.05, 0.1) is 12.2 Å². The molecular weight excluding hydrogens is 477 g/mol. The lowest BCUT2D eigenvalue weighted by Gasteiger charge is -2.33. The average Bonchev–Trinajstić information content (AvgIpc) is 3.15. The molecule has 0 bridgehead atoms. The Hall–Kier alpha value is -1.87. The van der Waals surface area contributed by atoms with Crippen molar-refractivity contribution in [2.24, 2.45) is 4.99 Å². The molecule has 2 N–H and O–H groups in total. The van der Waals surface area contributed by atoms with Gasteiger partial charge in [0.2, 0.25) is 5.89 Å². The first-order valence-corrected chi connectivity index (χ1v) is 9.89. The summed E-state index contributed by atoms with van der Waals surface area (Å²) < 4.78 is 5.63. The smallest absolute Gasteiger partial charge is 0.226 e. The number of benzene rings is 1. The van der Waals surface area contributed by atoms with E-state index in [0.29, 0.717) is 18.5 Å². The van der Waals surface area contributed by atoms with E-state index < -0.39 is 0 Å². The molecule has 0 amide bonds. The van der Waals surface area contributed by atoms with Crippen molar-refractivity contribution in [3.05, 3.63) is 53.9 Å². The molecule has 1 saturated heterocycles. The van der Waals surface area contributed by atoms with E-state index in [1.54, 1.807) is 13.3 Å². The van der Waals surface area contributed by atoms with Crippen LogP contribution in [0.25, 0.3) is 11.5 Å². The summed E-state index contributed by atoms with van der Waals surface area (Å²) in [6, 6.07) is 8.61. The minimum atomic E-state index is 0. The standard InChI is InChI=1S/C22H31N5O.HI/c1-16(2)14-27-11-9-19(10-12-27)26-22(23-4)24-13-20-15-28-21(25-20)18-7-5-17(3)6-8-18;/h5-8,15,19H,1,9-14H2,2-4H3,(H2,23,24,26);1H. The first-order chi connectivity index (χ1) is 13.5. The van der Waals surface area contributed by atoms with Crippen LogP contribution in [0.4, 0.5) is 0 Å². The molecule has 1 aromatic carbocycles. The van der Waals surface area contributed by atoms with Crippen LogP contribution in [0.1, 0.15) is 31.0 Å². The highest BCUT2D eigenvalue weighted by Gasteiger charge is 2.19. The first kappa shape index (κ1) is 23.4. The van der Waals surface area contributed by atoms with E-state index in [4.69, 9.17) is 4.42 Å². The molecule has 7 heteroatoms.